The van der Waals surface area contributed by atoms with Gasteiger partial charge in [-0.1, -0.05) is 35.9 Å². The van der Waals surface area contributed by atoms with Crippen molar-refractivity contribution >= 4 is 11.6 Å². The second-order valence-corrected chi connectivity index (χ2v) is 8.08. The van der Waals surface area contributed by atoms with E-state index in [2.05, 4.69) is 10.2 Å². The normalized spacial score (nSPS) is 16.4. The van der Waals surface area contributed by atoms with E-state index in [1.54, 1.807) is 7.11 Å². The van der Waals surface area contributed by atoms with E-state index in [9.17, 15) is 10.2 Å². The summed E-state index contributed by atoms with van der Waals surface area (Å²) in [5.41, 5.74) is 2.13. The standard InChI is InChI=1S/C23H31ClN2O4/c1-29-23-12-17(13-25-14-18-4-2-3-5-21(18)24)6-7-22(23)30-16-20(28)15-26-10-8-19(27)9-11-26/h2-7,12,19-20,25,27-28H,8-11,13-16H2,1H3. The zero-order valence-corrected chi connectivity index (χ0v) is 18.1. The molecule has 1 heterocycles. The molecule has 2 aromatic carbocycles. The molecular formula is C23H31ClN2O4. The van der Waals surface area contributed by atoms with Gasteiger partial charge >= 0.3 is 0 Å². The molecule has 1 fully saturated rings. The number of ether oxygens (including phenoxy) is 2. The maximum Gasteiger partial charge on any atom is 0.161 e. The van der Waals surface area contributed by atoms with E-state index < -0.39 is 6.10 Å². The van der Waals surface area contributed by atoms with Crippen LogP contribution in [0.3, 0.4) is 0 Å². The van der Waals surface area contributed by atoms with Crippen LogP contribution in [0.25, 0.3) is 0 Å². The van der Waals surface area contributed by atoms with Gasteiger partial charge in [-0.25, -0.2) is 0 Å². The van der Waals surface area contributed by atoms with E-state index >= 15 is 0 Å². The van der Waals surface area contributed by atoms with Crippen LogP contribution in [0.1, 0.15) is 24.0 Å². The molecule has 1 aliphatic rings. The minimum Gasteiger partial charge on any atom is -0.493 e. The summed E-state index contributed by atoms with van der Waals surface area (Å²) in [4.78, 5) is 2.16. The molecule has 3 N–H and O–H groups in total. The monoisotopic (exact) mass is 434 g/mol. The van der Waals surface area contributed by atoms with E-state index in [-0.39, 0.29) is 12.7 Å². The Morgan fingerprint density at radius 1 is 1.13 bits per heavy atom. The van der Waals surface area contributed by atoms with Gasteiger partial charge in [0.25, 0.3) is 0 Å². The molecule has 0 bridgehead atoms. The first kappa shape index (κ1) is 22.8. The first-order valence-electron chi connectivity index (χ1n) is 10.4. The third-order valence-corrected chi connectivity index (χ3v) is 5.66. The average molecular weight is 435 g/mol. The molecule has 0 saturated carbocycles. The predicted molar refractivity (Wildman–Crippen MR) is 118 cm³/mol. The van der Waals surface area contributed by atoms with E-state index in [0.29, 0.717) is 31.1 Å². The van der Waals surface area contributed by atoms with Crippen LogP contribution in [0.2, 0.25) is 5.02 Å². The second kappa shape index (κ2) is 11.5. The smallest absolute Gasteiger partial charge is 0.161 e. The Bertz CT molecular complexity index is 797. The third kappa shape index (κ3) is 6.86. The minimum atomic E-state index is -0.595. The van der Waals surface area contributed by atoms with E-state index in [1.165, 1.54) is 0 Å². The predicted octanol–water partition coefficient (Wildman–Crippen LogP) is 2.83. The summed E-state index contributed by atoms with van der Waals surface area (Å²) >= 11 is 6.19. The lowest BCUT2D eigenvalue weighted by atomic mass is 10.1. The Balaban J connectivity index is 1.47. The number of aliphatic hydroxyl groups is 2. The van der Waals surface area contributed by atoms with Crippen molar-refractivity contribution < 1.29 is 19.7 Å². The van der Waals surface area contributed by atoms with Crippen molar-refractivity contribution in [2.75, 3.05) is 33.4 Å². The van der Waals surface area contributed by atoms with Crippen LogP contribution in [0.4, 0.5) is 0 Å². The maximum atomic E-state index is 10.3. The Morgan fingerprint density at radius 2 is 1.90 bits per heavy atom. The Kier molecular flexibility index (Phi) is 8.78. The number of methoxy groups -OCH3 is 1. The van der Waals surface area contributed by atoms with Crippen molar-refractivity contribution in [3.8, 4) is 11.5 Å². The first-order valence-corrected chi connectivity index (χ1v) is 10.7. The summed E-state index contributed by atoms with van der Waals surface area (Å²) in [5, 5.41) is 24.0. The van der Waals surface area contributed by atoms with Gasteiger partial charge in [-0.05, 0) is 42.2 Å². The van der Waals surface area contributed by atoms with Crippen LogP contribution < -0.4 is 14.8 Å². The zero-order chi connectivity index (χ0) is 21.3. The summed E-state index contributed by atoms with van der Waals surface area (Å²) in [5.74, 6) is 1.25. The number of halogens is 1. The van der Waals surface area contributed by atoms with Crippen molar-refractivity contribution in [2.24, 2.45) is 0 Å². The number of piperidine rings is 1. The molecule has 30 heavy (non-hydrogen) atoms. The van der Waals surface area contributed by atoms with Gasteiger partial charge in [-0.3, -0.25) is 0 Å². The lowest BCUT2D eigenvalue weighted by Crippen LogP contribution is -2.41. The first-order chi connectivity index (χ1) is 14.5. The molecule has 1 atom stereocenters. The van der Waals surface area contributed by atoms with Crippen LogP contribution >= 0.6 is 11.6 Å². The van der Waals surface area contributed by atoms with Gasteiger partial charge in [-0.2, -0.15) is 0 Å². The molecule has 7 heteroatoms. The number of hydrogen-bond donors (Lipinski definition) is 3. The lowest BCUT2D eigenvalue weighted by Gasteiger charge is -2.30. The molecule has 0 aromatic heterocycles. The molecule has 6 nitrogen and oxygen atoms in total. The Labute approximate surface area is 183 Å². The maximum absolute atomic E-state index is 10.3. The molecule has 164 valence electrons. The lowest BCUT2D eigenvalue weighted by molar-refractivity contribution is 0.0333. The quantitative estimate of drug-likeness (QED) is 0.534. The molecule has 0 aliphatic carbocycles. The number of benzene rings is 2. The van der Waals surface area contributed by atoms with Gasteiger partial charge < -0.3 is 29.9 Å². The van der Waals surface area contributed by atoms with Gasteiger partial charge in [0, 0.05) is 37.7 Å². The number of likely N-dealkylation sites (tertiary alicyclic amines) is 1. The third-order valence-electron chi connectivity index (χ3n) is 5.29. The van der Waals surface area contributed by atoms with Crippen LogP contribution in [-0.2, 0) is 13.1 Å². The molecule has 3 rings (SSSR count). The van der Waals surface area contributed by atoms with Gasteiger partial charge in [0.2, 0.25) is 0 Å². The van der Waals surface area contributed by atoms with E-state index in [1.807, 2.05) is 42.5 Å². The zero-order valence-electron chi connectivity index (χ0n) is 17.4. The highest BCUT2D eigenvalue weighted by molar-refractivity contribution is 6.31. The fourth-order valence-electron chi connectivity index (χ4n) is 3.56. The Hall–Kier alpha value is -1.83. The number of aliphatic hydroxyl groups excluding tert-OH is 2. The fraction of sp³-hybridized carbons (Fsp3) is 0.478. The molecular weight excluding hydrogens is 404 g/mol. The molecule has 1 unspecified atom stereocenters. The van der Waals surface area contributed by atoms with Crippen molar-refractivity contribution in [3.05, 3.63) is 58.6 Å². The molecule has 0 amide bonds. The number of nitrogens with zero attached hydrogens (tertiary/aromatic N) is 1. The summed E-state index contributed by atoms with van der Waals surface area (Å²) in [6.45, 7) is 3.69. The summed E-state index contributed by atoms with van der Waals surface area (Å²) in [6, 6.07) is 13.6. The van der Waals surface area contributed by atoms with Crippen LogP contribution in [0.5, 0.6) is 11.5 Å². The molecule has 1 saturated heterocycles. The van der Waals surface area contributed by atoms with Crippen molar-refractivity contribution in [1.82, 2.24) is 10.2 Å². The highest BCUT2D eigenvalue weighted by Gasteiger charge is 2.20. The highest BCUT2D eigenvalue weighted by atomic mass is 35.5. The second-order valence-electron chi connectivity index (χ2n) is 7.68. The van der Waals surface area contributed by atoms with Gasteiger partial charge in [0.1, 0.15) is 12.7 Å². The summed E-state index contributed by atoms with van der Waals surface area (Å²) in [7, 11) is 1.61. The molecule has 0 spiro atoms. The van der Waals surface area contributed by atoms with E-state index in [4.69, 9.17) is 21.1 Å². The summed E-state index contributed by atoms with van der Waals surface area (Å²) in [6.07, 6.45) is 0.708. The summed E-state index contributed by atoms with van der Waals surface area (Å²) < 4.78 is 11.3. The van der Waals surface area contributed by atoms with Crippen molar-refractivity contribution in [2.45, 2.75) is 38.1 Å². The Morgan fingerprint density at radius 3 is 2.63 bits per heavy atom. The van der Waals surface area contributed by atoms with E-state index in [0.717, 1.165) is 42.1 Å². The number of hydrogen-bond acceptors (Lipinski definition) is 6. The average Bonchev–Trinajstić information content (AvgIpc) is 2.75. The number of β-amino-alcohol motifs (C(OH)–C–C–N with tert-alkyl or cyclic N) is 1. The molecule has 2 aromatic rings. The molecule has 0 radical (unpaired) electrons. The van der Waals surface area contributed by atoms with Gasteiger partial charge in [-0.15, -0.1) is 0 Å². The highest BCUT2D eigenvalue weighted by Crippen LogP contribution is 2.28. The number of nitrogens with one attached hydrogen (secondary N) is 1. The number of rotatable bonds is 10. The van der Waals surface area contributed by atoms with Crippen LogP contribution in [0.15, 0.2) is 42.5 Å². The van der Waals surface area contributed by atoms with Gasteiger partial charge in [0.15, 0.2) is 11.5 Å². The van der Waals surface area contributed by atoms with Crippen molar-refractivity contribution in [3.63, 3.8) is 0 Å². The van der Waals surface area contributed by atoms with Gasteiger partial charge in [0.05, 0.1) is 13.2 Å². The minimum absolute atomic E-state index is 0.194. The SMILES string of the molecule is COc1cc(CNCc2ccccc2Cl)ccc1OCC(O)CN1CCC(O)CC1. The fourth-order valence-corrected chi connectivity index (χ4v) is 3.77. The largest absolute Gasteiger partial charge is 0.493 e. The topological polar surface area (TPSA) is 74.2 Å². The van der Waals surface area contributed by atoms with Crippen LogP contribution in [0, 0.1) is 0 Å². The molecule has 1 aliphatic heterocycles. The van der Waals surface area contributed by atoms with Crippen molar-refractivity contribution in [1.29, 1.82) is 0 Å². The van der Waals surface area contributed by atoms with Crippen LogP contribution in [-0.4, -0.2) is 60.7 Å².